The minimum atomic E-state index is -0.562. The smallest absolute Gasteiger partial charge is 0.295 e. The van der Waals surface area contributed by atoms with Gasteiger partial charge in [-0.05, 0) is 25.1 Å². The lowest BCUT2D eigenvalue weighted by molar-refractivity contribution is -0.126. The number of H-pyrrole nitrogens is 1. The van der Waals surface area contributed by atoms with Gasteiger partial charge in [0.15, 0.2) is 0 Å². The zero-order chi connectivity index (χ0) is 20.5. The summed E-state index contributed by atoms with van der Waals surface area (Å²) in [5.74, 6) is -1.64. The molecule has 146 valence electrons. The van der Waals surface area contributed by atoms with E-state index >= 15 is 0 Å². The molecule has 1 aliphatic heterocycles. The molecular formula is C22H19FN4O2. The molecule has 29 heavy (non-hydrogen) atoms. The van der Waals surface area contributed by atoms with Crippen LogP contribution in [0.5, 0.6) is 0 Å². The van der Waals surface area contributed by atoms with Crippen LogP contribution in [0.4, 0.5) is 10.1 Å². The third kappa shape index (κ3) is 3.23. The summed E-state index contributed by atoms with van der Waals surface area (Å²) >= 11 is 0. The standard InChI is InChI=1S/C22H19FN4O2/c1-14-20(15-5-2-3-7-18(15)25-14)21(28)22(29)27-11-9-26(10-12-27)19-8-4-6-17(23)16(19)13-24/h2-8,25H,9-12H2,1H3. The van der Waals surface area contributed by atoms with Crippen molar-refractivity contribution in [2.45, 2.75) is 6.92 Å². The van der Waals surface area contributed by atoms with Crippen molar-refractivity contribution in [3.05, 3.63) is 65.1 Å². The zero-order valence-electron chi connectivity index (χ0n) is 15.9. The third-order valence-corrected chi connectivity index (χ3v) is 5.33. The van der Waals surface area contributed by atoms with Gasteiger partial charge in [-0.3, -0.25) is 9.59 Å². The number of aromatic amines is 1. The minimum absolute atomic E-state index is 0.00206. The molecule has 1 aliphatic rings. The third-order valence-electron chi connectivity index (χ3n) is 5.33. The lowest BCUT2D eigenvalue weighted by Gasteiger charge is -2.36. The molecule has 0 bridgehead atoms. The van der Waals surface area contributed by atoms with Gasteiger partial charge in [0.05, 0.1) is 11.3 Å². The first kappa shape index (κ1) is 18.7. The van der Waals surface area contributed by atoms with Crippen LogP contribution in [0.3, 0.4) is 0 Å². The number of para-hydroxylation sites is 1. The molecule has 1 N–H and O–H groups in total. The Morgan fingerprint density at radius 3 is 2.52 bits per heavy atom. The van der Waals surface area contributed by atoms with Crippen molar-refractivity contribution in [3.63, 3.8) is 0 Å². The van der Waals surface area contributed by atoms with Crippen molar-refractivity contribution in [2.24, 2.45) is 0 Å². The fourth-order valence-corrected chi connectivity index (χ4v) is 3.86. The van der Waals surface area contributed by atoms with Gasteiger partial charge in [0.1, 0.15) is 17.4 Å². The molecule has 0 saturated carbocycles. The second-order valence-corrected chi connectivity index (χ2v) is 7.02. The molecule has 1 amide bonds. The summed E-state index contributed by atoms with van der Waals surface area (Å²) in [6.45, 7) is 3.28. The number of carbonyl (C=O) groups excluding carboxylic acids is 2. The SMILES string of the molecule is Cc1[nH]c2ccccc2c1C(=O)C(=O)N1CCN(c2cccc(F)c2C#N)CC1. The Bertz CT molecular complexity index is 1150. The summed E-state index contributed by atoms with van der Waals surface area (Å²) in [6, 6.07) is 13.8. The van der Waals surface area contributed by atoms with Crippen molar-refractivity contribution < 1.29 is 14.0 Å². The van der Waals surface area contributed by atoms with E-state index in [1.54, 1.807) is 19.1 Å². The monoisotopic (exact) mass is 390 g/mol. The van der Waals surface area contributed by atoms with Crippen molar-refractivity contribution in [2.75, 3.05) is 31.1 Å². The molecule has 3 aromatic rings. The molecule has 2 heterocycles. The second-order valence-electron chi connectivity index (χ2n) is 7.02. The summed E-state index contributed by atoms with van der Waals surface area (Å²) in [7, 11) is 0. The van der Waals surface area contributed by atoms with E-state index in [1.807, 2.05) is 35.2 Å². The number of nitriles is 1. The number of fused-ring (bicyclic) bond motifs is 1. The molecule has 0 atom stereocenters. The van der Waals surface area contributed by atoms with E-state index in [-0.39, 0.29) is 5.56 Å². The number of piperazine rings is 1. The fraction of sp³-hybridized carbons (Fsp3) is 0.227. The predicted molar refractivity (Wildman–Crippen MR) is 107 cm³/mol. The van der Waals surface area contributed by atoms with Crippen molar-refractivity contribution in [3.8, 4) is 6.07 Å². The maximum absolute atomic E-state index is 13.9. The number of aromatic nitrogens is 1. The number of anilines is 1. The van der Waals surface area contributed by atoms with Gasteiger partial charge in [0.25, 0.3) is 11.7 Å². The maximum atomic E-state index is 13.9. The van der Waals surface area contributed by atoms with Crippen LogP contribution < -0.4 is 4.90 Å². The van der Waals surface area contributed by atoms with E-state index in [0.717, 1.165) is 10.9 Å². The maximum Gasteiger partial charge on any atom is 0.295 e. The highest BCUT2D eigenvalue weighted by atomic mass is 19.1. The summed E-state index contributed by atoms with van der Waals surface area (Å²) < 4.78 is 13.9. The first-order valence-corrected chi connectivity index (χ1v) is 9.35. The van der Waals surface area contributed by atoms with E-state index in [1.165, 1.54) is 11.0 Å². The van der Waals surface area contributed by atoms with Crippen LogP contribution in [0, 0.1) is 24.1 Å². The number of nitrogens with zero attached hydrogens (tertiary/aromatic N) is 3. The Morgan fingerprint density at radius 1 is 1.07 bits per heavy atom. The molecule has 0 spiro atoms. The highest BCUT2D eigenvalue weighted by Crippen LogP contribution is 2.25. The molecule has 1 saturated heterocycles. The highest BCUT2D eigenvalue weighted by Gasteiger charge is 2.30. The fourth-order valence-electron chi connectivity index (χ4n) is 3.86. The van der Waals surface area contributed by atoms with Gasteiger partial charge < -0.3 is 14.8 Å². The Labute approximate surface area is 167 Å². The van der Waals surface area contributed by atoms with Crippen molar-refractivity contribution >= 4 is 28.3 Å². The average Bonchev–Trinajstić information content (AvgIpc) is 3.08. The molecule has 0 aliphatic carbocycles. The molecule has 2 aromatic carbocycles. The van der Waals surface area contributed by atoms with Crippen LogP contribution in [0.2, 0.25) is 0 Å². The van der Waals surface area contributed by atoms with Crippen molar-refractivity contribution in [1.82, 2.24) is 9.88 Å². The summed E-state index contributed by atoms with van der Waals surface area (Å²) in [5.41, 5.74) is 2.41. The van der Waals surface area contributed by atoms with Crippen LogP contribution in [0.1, 0.15) is 21.6 Å². The molecule has 0 radical (unpaired) electrons. The number of aryl methyl sites for hydroxylation is 1. The van der Waals surface area contributed by atoms with Gasteiger partial charge in [-0.2, -0.15) is 5.26 Å². The van der Waals surface area contributed by atoms with Gasteiger partial charge in [-0.1, -0.05) is 24.3 Å². The number of amides is 1. The van der Waals surface area contributed by atoms with Crippen LogP contribution >= 0.6 is 0 Å². The van der Waals surface area contributed by atoms with Crippen LogP contribution in [0.25, 0.3) is 10.9 Å². The molecule has 7 heteroatoms. The number of ketones is 1. The normalized spacial score (nSPS) is 14.1. The number of benzene rings is 2. The highest BCUT2D eigenvalue weighted by molar-refractivity contribution is 6.45. The Balaban J connectivity index is 1.51. The summed E-state index contributed by atoms with van der Waals surface area (Å²) in [4.78, 5) is 32.3. The van der Waals surface area contributed by atoms with Crippen LogP contribution in [-0.4, -0.2) is 47.8 Å². The van der Waals surface area contributed by atoms with Gasteiger partial charge >= 0.3 is 0 Å². The van der Waals surface area contributed by atoms with Crippen LogP contribution in [-0.2, 0) is 4.79 Å². The Hall–Kier alpha value is -3.66. The summed E-state index contributed by atoms with van der Waals surface area (Å²) in [6.07, 6.45) is 0. The molecule has 1 fully saturated rings. The largest absolute Gasteiger partial charge is 0.367 e. The van der Waals surface area contributed by atoms with E-state index in [4.69, 9.17) is 0 Å². The number of Topliss-reactive ketones (excluding diaryl/α,β-unsaturated/α-hetero) is 1. The quantitative estimate of drug-likeness (QED) is 0.551. The number of nitrogens with one attached hydrogen (secondary N) is 1. The number of halogens is 1. The van der Waals surface area contributed by atoms with E-state index in [0.29, 0.717) is 43.1 Å². The van der Waals surface area contributed by atoms with Gasteiger partial charge in [0.2, 0.25) is 0 Å². The minimum Gasteiger partial charge on any atom is -0.367 e. The van der Waals surface area contributed by atoms with E-state index in [9.17, 15) is 19.2 Å². The number of rotatable bonds is 3. The van der Waals surface area contributed by atoms with Gasteiger partial charge in [-0.15, -0.1) is 0 Å². The van der Waals surface area contributed by atoms with Gasteiger partial charge in [0, 0.05) is 42.8 Å². The molecule has 4 rings (SSSR count). The van der Waals surface area contributed by atoms with Crippen LogP contribution in [0.15, 0.2) is 42.5 Å². The molecule has 1 aromatic heterocycles. The predicted octanol–water partition coefficient (Wildman–Crippen LogP) is 3.02. The number of hydrogen-bond acceptors (Lipinski definition) is 4. The summed E-state index contributed by atoms with van der Waals surface area (Å²) in [5, 5.41) is 9.97. The lowest BCUT2D eigenvalue weighted by atomic mass is 10.1. The van der Waals surface area contributed by atoms with E-state index < -0.39 is 17.5 Å². The van der Waals surface area contributed by atoms with E-state index in [2.05, 4.69) is 4.98 Å². The topological polar surface area (TPSA) is 80.2 Å². The molecule has 0 unspecified atom stereocenters. The number of hydrogen-bond donors (Lipinski definition) is 1. The first-order valence-electron chi connectivity index (χ1n) is 9.35. The zero-order valence-corrected chi connectivity index (χ0v) is 15.9. The molecule has 6 nitrogen and oxygen atoms in total. The Morgan fingerprint density at radius 2 is 1.79 bits per heavy atom. The average molecular weight is 390 g/mol. The number of carbonyl (C=O) groups is 2. The molecular weight excluding hydrogens is 371 g/mol. The van der Waals surface area contributed by atoms with Crippen molar-refractivity contribution in [1.29, 1.82) is 5.26 Å². The second kappa shape index (κ2) is 7.40. The van der Waals surface area contributed by atoms with Gasteiger partial charge in [-0.25, -0.2) is 4.39 Å². The Kier molecular flexibility index (Phi) is 4.77. The first-order chi connectivity index (χ1) is 14.0. The lowest BCUT2D eigenvalue weighted by Crippen LogP contribution is -2.51.